The highest BCUT2D eigenvalue weighted by Crippen LogP contribution is 2.33. The summed E-state index contributed by atoms with van der Waals surface area (Å²) < 4.78 is 7.81. The molecule has 7 heteroatoms. The lowest BCUT2D eigenvalue weighted by Crippen LogP contribution is -2.51. The van der Waals surface area contributed by atoms with E-state index >= 15 is 0 Å². The number of ether oxygens (including phenoxy) is 1. The Hall–Kier alpha value is -3.45. The zero-order chi connectivity index (χ0) is 26.7. The van der Waals surface area contributed by atoms with Crippen LogP contribution in [0.2, 0.25) is 0 Å². The van der Waals surface area contributed by atoms with Gasteiger partial charge in [-0.25, -0.2) is 4.79 Å². The summed E-state index contributed by atoms with van der Waals surface area (Å²) in [6.45, 7) is 9.60. The summed E-state index contributed by atoms with van der Waals surface area (Å²) in [7, 11) is 1.98. The molecular weight excluding hydrogens is 466 g/mol. The Morgan fingerprint density at radius 1 is 1.11 bits per heavy atom. The molecule has 1 aliphatic rings. The van der Waals surface area contributed by atoms with E-state index < -0.39 is 5.60 Å². The van der Waals surface area contributed by atoms with Gasteiger partial charge in [-0.15, -0.1) is 0 Å². The molecule has 2 heterocycles. The van der Waals surface area contributed by atoms with Gasteiger partial charge in [-0.2, -0.15) is 0 Å². The predicted octanol–water partition coefficient (Wildman–Crippen LogP) is 4.44. The van der Waals surface area contributed by atoms with Crippen molar-refractivity contribution in [1.29, 1.82) is 0 Å². The molecule has 0 spiro atoms. The molecule has 3 aromatic rings. The molecule has 7 nitrogen and oxygen atoms in total. The van der Waals surface area contributed by atoms with Gasteiger partial charge in [-0.05, 0) is 70.0 Å². The van der Waals surface area contributed by atoms with Gasteiger partial charge in [0.25, 0.3) is 0 Å². The van der Waals surface area contributed by atoms with Gasteiger partial charge >= 0.3 is 5.97 Å². The van der Waals surface area contributed by atoms with Crippen LogP contribution < -0.4 is 0 Å². The average Bonchev–Trinajstić information content (AvgIpc) is 3.15. The first-order valence-corrected chi connectivity index (χ1v) is 13.0. The number of nitrogens with zero attached hydrogens (tertiary/aromatic N) is 3. The highest BCUT2D eigenvalue weighted by atomic mass is 16.6. The number of carbonyl (C=O) groups is 3. The number of carbonyl (C=O) groups excluding carboxylic acids is 3. The van der Waals surface area contributed by atoms with Crippen molar-refractivity contribution in [3.63, 3.8) is 0 Å². The number of fused-ring (bicyclic) bond motifs is 3. The fraction of sp³-hybridized carbons (Fsp3) is 0.433. The molecule has 4 rings (SSSR count). The fourth-order valence-electron chi connectivity index (χ4n) is 5.12. The lowest BCUT2D eigenvalue weighted by molar-refractivity contribution is -0.138. The van der Waals surface area contributed by atoms with E-state index in [1.54, 1.807) is 4.90 Å². The molecule has 0 saturated carbocycles. The van der Waals surface area contributed by atoms with Gasteiger partial charge in [-0.3, -0.25) is 9.69 Å². The Labute approximate surface area is 219 Å². The number of esters is 1. The van der Waals surface area contributed by atoms with Gasteiger partial charge in [0.05, 0.1) is 18.2 Å². The van der Waals surface area contributed by atoms with Crippen LogP contribution in [-0.4, -0.2) is 64.3 Å². The second-order valence-electron chi connectivity index (χ2n) is 10.8. The number of rotatable bonds is 8. The monoisotopic (exact) mass is 503 g/mol. The molecule has 1 aromatic heterocycles. The maximum atomic E-state index is 13.4. The number of benzene rings is 2. The van der Waals surface area contributed by atoms with Gasteiger partial charge in [0.15, 0.2) is 0 Å². The quantitative estimate of drug-likeness (QED) is 0.336. The van der Waals surface area contributed by atoms with E-state index in [9.17, 15) is 14.4 Å². The zero-order valence-corrected chi connectivity index (χ0v) is 22.5. The SMILES string of the molecule is CCCN(CC=O)C(=O)C1Cc2c(n(Cc3ccc(C(=O)OC(C)(C)C)cc3)c3ccccc23)CN1C. The zero-order valence-electron chi connectivity index (χ0n) is 22.5. The van der Waals surface area contributed by atoms with Crippen LogP contribution in [0.1, 0.15) is 61.3 Å². The molecule has 1 amide bonds. The minimum atomic E-state index is -0.537. The van der Waals surface area contributed by atoms with E-state index in [4.69, 9.17) is 4.74 Å². The summed E-state index contributed by atoms with van der Waals surface area (Å²) in [6, 6.07) is 15.6. The molecular formula is C30H37N3O4. The fourth-order valence-corrected chi connectivity index (χ4v) is 5.12. The van der Waals surface area contributed by atoms with E-state index in [0.717, 1.165) is 29.2 Å². The largest absolute Gasteiger partial charge is 0.456 e. The number of aldehydes is 1. The summed E-state index contributed by atoms with van der Waals surface area (Å²) in [5.74, 6) is -0.316. The summed E-state index contributed by atoms with van der Waals surface area (Å²) in [6.07, 6.45) is 2.23. The minimum absolute atomic E-state index is 0.0108. The lowest BCUT2D eigenvalue weighted by atomic mass is 9.96. The van der Waals surface area contributed by atoms with Crippen LogP contribution in [0.5, 0.6) is 0 Å². The lowest BCUT2D eigenvalue weighted by Gasteiger charge is -2.35. The van der Waals surface area contributed by atoms with Crippen molar-refractivity contribution >= 4 is 29.1 Å². The molecule has 0 fully saturated rings. The van der Waals surface area contributed by atoms with Crippen LogP contribution in [0.4, 0.5) is 0 Å². The van der Waals surface area contributed by atoms with Crippen molar-refractivity contribution in [2.45, 2.75) is 65.3 Å². The molecule has 0 radical (unpaired) electrons. The van der Waals surface area contributed by atoms with Crippen molar-refractivity contribution < 1.29 is 19.1 Å². The third-order valence-corrected chi connectivity index (χ3v) is 6.84. The Bertz CT molecular complexity index is 1290. The topological polar surface area (TPSA) is 71.8 Å². The van der Waals surface area contributed by atoms with E-state index in [2.05, 4.69) is 21.6 Å². The molecule has 1 atom stereocenters. The first-order valence-electron chi connectivity index (χ1n) is 13.0. The van der Waals surface area contributed by atoms with Crippen LogP contribution in [0, 0.1) is 0 Å². The Balaban J connectivity index is 1.63. The van der Waals surface area contributed by atoms with Crippen LogP contribution in [-0.2, 0) is 33.8 Å². The van der Waals surface area contributed by atoms with E-state index in [1.165, 1.54) is 11.3 Å². The van der Waals surface area contributed by atoms with Crippen LogP contribution in [0.15, 0.2) is 48.5 Å². The standard InChI is InChI=1S/C30H37N3O4/c1-6-15-32(16-17-34)28(35)26-18-24-23-9-7-8-10-25(23)33(27(24)20-31(26)5)19-21-11-13-22(14-12-21)29(36)37-30(2,3)4/h7-14,17,26H,6,15-16,18-20H2,1-5H3. The van der Waals surface area contributed by atoms with Crippen LogP contribution >= 0.6 is 0 Å². The molecule has 0 saturated heterocycles. The van der Waals surface area contributed by atoms with Crippen molar-refractivity contribution in [2.24, 2.45) is 0 Å². The van der Waals surface area contributed by atoms with Crippen LogP contribution in [0.25, 0.3) is 10.9 Å². The van der Waals surface area contributed by atoms with Gasteiger partial charge in [0, 0.05) is 36.2 Å². The summed E-state index contributed by atoms with van der Waals surface area (Å²) >= 11 is 0. The van der Waals surface area contributed by atoms with Gasteiger partial charge < -0.3 is 19.0 Å². The average molecular weight is 504 g/mol. The first kappa shape index (κ1) is 26.6. The summed E-state index contributed by atoms with van der Waals surface area (Å²) in [4.78, 5) is 40.8. The number of amides is 1. The highest BCUT2D eigenvalue weighted by molar-refractivity contribution is 5.90. The van der Waals surface area contributed by atoms with Gasteiger partial charge in [0.1, 0.15) is 11.9 Å². The van der Waals surface area contributed by atoms with E-state index in [1.807, 2.05) is 71.1 Å². The number of likely N-dealkylation sites (N-methyl/N-ethyl adjacent to an activating group) is 1. The third-order valence-electron chi connectivity index (χ3n) is 6.84. The Kier molecular flexibility index (Phi) is 7.83. The second kappa shape index (κ2) is 10.9. The van der Waals surface area contributed by atoms with Crippen molar-refractivity contribution in [1.82, 2.24) is 14.4 Å². The summed E-state index contributed by atoms with van der Waals surface area (Å²) in [5.41, 5.74) is 4.60. The maximum absolute atomic E-state index is 13.4. The van der Waals surface area contributed by atoms with Crippen LogP contribution in [0.3, 0.4) is 0 Å². The first-order chi connectivity index (χ1) is 17.6. The summed E-state index contributed by atoms with van der Waals surface area (Å²) in [5, 5.41) is 1.16. The molecule has 0 aliphatic carbocycles. The second-order valence-corrected chi connectivity index (χ2v) is 10.8. The van der Waals surface area contributed by atoms with Gasteiger partial charge in [-0.1, -0.05) is 37.3 Å². The molecule has 1 unspecified atom stereocenters. The number of hydrogen-bond donors (Lipinski definition) is 0. The van der Waals surface area contributed by atoms with Crippen molar-refractivity contribution in [3.8, 4) is 0 Å². The van der Waals surface area contributed by atoms with E-state index in [-0.39, 0.29) is 24.5 Å². The number of hydrogen-bond acceptors (Lipinski definition) is 5. The highest BCUT2D eigenvalue weighted by Gasteiger charge is 2.35. The maximum Gasteiger partial charge on any atom is 0.338 e. The van der Waals surface area contributed by atoms with Crippen molar-refractivity contribution in [2.75, 3.05) is 20.1 Å². The van der Waals surface area contributed by atoms with Gasteiger partial charge in [0.2, 0.25) is 5.91 Å². The predicted molar refractivity (Wildman–Crippen MR) is 145 cm³/mol. The number of aromatic nitrogens is 1. The Morgan fingerprint density at radius 2 is 1.81 bits per heavy atom. The smallest absolute Gasteiger partial charge is 0.338 e. The van der Waals surface area contributed by atoms with Crippen molar-refractivity contribution in [3.05, 3.63) is 70.9 Å². The number of para-hydroxylation sites is 1. The minimum Gasteiger partial charge on any atom is -0.456 e. The van der Waals surface area contributed by atoms with E-state index in [0.29, 0.717) is 31.6 Å². The molecule has 0 N–H and O–H groups in total. The molecule has 2 aromatic carbocycles. The molecule has 1 aliphatic heterocycles. The molecule has 0 bridgehead atoms. The third kappa shape index (κ3) is 5.77. The normalized spacial score (nSPS) is 15.9. The Morgan fingerprint density at radius 3 is 2.46 bits per heavy atom. The molecule has 37 heavy (non-hydrogen) atoms. The molecule has 196 valence electrons.